The molecule has 0 bridgehead atoms. The summed E-state index contributed by atoms with van der Waals surface area (Å²) in [6.07, 6.45) is 2.27. The molecule has 1 aliphatic heterocycles. The third kappa shape index (κ3) is 3.60. The summed E-state index contributed by atoms with van der Waals surface area (Å²) in [6, 6.07) is 17.5. The Balaban J connectivity index is 1.53. The standard InChI is InChI=1S/C21H20N4O2/c1-27-19-9-5-4-8-17(19)24-20-12-18(22-14-23-20)21(26)25-11-10-15-6-2-3-7-16(15)13-25/h2-9,12,14H,10-11,13H2,1H3,(H,22,23,24). The van der Waals surface area contributed by atoms with E-state index in [2.05, 4.69) is 27.4 Å². The highest BCUT2D eigenvalue weighted by Crippen LogP contribution is 2.26. The Morgan fingerprint density at radius 3 is 2.70 bits per heavy atom. The second-order valence-corrected chi connectivity index (χ2v) is 6.36. The number of hydrogen-bond donors (Lipinski definition) is 1. The second kappa shape index (κ2) is 7.45. The van der Waals surface area contributed by atoms with Crippen molar-refractivity contribution in [2.24, 2.45) is 0 Å². The van der Waals surface area contributed by atoms with Crippen molar-refractivity contribution in [3.63, 3.8) is 0 Å². The zero-order valence-electron chi connectivity index (χ0n) is 15.1. The quantitative estimate of drug-likeness (QED) is 0.772. The highest BCUT2D eigenvalue weighted by Gasteiger charge is 2.22. The van der Waals surface area contributed by atoms with Gasteiger partial charge in [-0.3, -0.25) is 4.79 Å². The van der Waals surface area contributed by atoms with E-state index in [1.165, 1.54) is 17.5 Å². The molecule has 1 aliphatic rings. The Kier molecular flexibility index (Phi) is 4.70. The topological polar surface area (TPSA) is 67.3 Å². The van der Waals surface area contributed by atoms with Gasteiger partial charge in [-0.15, -0.1) is 0 Å². The summed E-state index contributed by atoms with van der Waals surface area (Å²) in [6.45, 7) is 1.30. The van der Waals surface area contributed by atoms with Gasteiger partial charge in [-0.2, -0.15) is 0 Å². The van der Waals surface area contributed by atoms with Gasteiger partial charge in [-0.25, -0.2) is 9.97 Å². The zero-order valence-corrected chi connectivity index (χ0v) is 15.1. The highest BCUT2D eigenvalue weighted by atomic mass is 16.5. The van der Waals surface area contributed by atoms with Gasteiger partial charge in [0.05, 0.1) is 12.8 Å². The van der Waals surface area contributed by atoms with Crippen LogP contribution in [0.1, 0.15) is 21.6 Å². The van der Waals surface area contributed by atoms with E-state index in [1.54, 1.807) is 13.2 Å². The van der Waals surface area contributed by atoms with Crippen LogP contribution in [0.4, 0.5) is 11.5 Å². The number of rotatable bonds is 4. The monoisotopic (exact) mass is 360 g/mol. The van der Waals surface area contributed by atoms with Gasteiger partial charge in [0.15, 0.2) is 0 Å². The molecule has 0 atom stereocenters. The Morgan fingerprint density at radius 1 is 1.07 bits per heavy atom. The molecule has 1 N–H and O–H groups in total. The molecule has 0 fully saturated rings. The molecular formula is C21H20N4O2. The largest absolute Gasteiger partial charge is 0.495 e. The number of carbonyl (C=O) groups is 1. The fraction of sp³-hybridized carbons (Fsp3) is 0.190. The number of hydrogen-bond acceptors (Lipinski definition) is 5. The van der Waals surface area contributed by atoms with E-state index >= 15 is 0 Å². The minimum Gasteiger partial charge on any atom is -0.495 e. The molecule has 2 aromatic carbocycles. The number of para-hydroxylation sites is 2. The van der Waals surface area contributed by atoms with Gasteiger partial charge < -0.3 is 15.0 Å². The number of ether oxygens (including phenoxy) is 1. The van der Waals surface area contributed by atoms with E-state index in [0.717, 1.165) is 12.1 Å². The number of aromatic nitrogens is 2. The molecule has 136 valence electrons. The molecule has 2 heterocycles. The van der Waals surface area contributed by atoms with Gasteiger partial charge in [0.1, 0.15) is 23.6 Å². The second-order valence-electron chi connectivity index (χ2n) is 6.36. The van der Waals surface area contributed by atoms with Crippen molar-refractivity contribution in [2.45, 2.75) is 13.0 Å². The first-order chi connectivity index (χ1) is 13.2. The molecule has 1 aromatic heterocycles. The van der Waals surface area contributed by atoms with Crippen LogP contribution in [0, 0.1) is 0 Å². The number of anilines is 2. The molecule has 0 aliphatic carbocycles. The van der Waals surface area contributed by atoms with E-state index in [0.29, 0.717) is 30.4 Å². The molecule has 0 unspecified atom stereocenters. The SMILES string of the molecule is COc1ccccc1Nc1cc(C(=O)N2CCc3ccccc3C2)ncn1. The summed E-state index contributed by atoms with van der Waals surface area (Å²) < 4.78 is 5.34. The predicted octanol–water partition coefficient (Wildman–Crippen LogP) is 3.43. The molecule has 0 radical (unpaired) electrons. The van der Waals surface area contributed by atoms with Gasteiger partial charge in [0.25, 0.3) is 5.91 Å². The number of carbonyl (C=O) groups excluding carboxylic acids is 1. The molecule has 27 heavy (non-hydrogen) atoms. The minimum atomic E-state index is -0.0880. The van der Waals surface area contributed by atoms with Crippen molar-refractivity contribution < 1.29 is 9.53 Å². The lowest BCUT2D eigenvalue weighted by Gasteiger charge is -2.28. The van der Waals surface area contributed by atoms with Crippen LogP contribution in [0.15, 0.2) is 60.9 Å². The fourth-order valence-electron chi connectivity index (χ4n) is 3.26. The van der Waals surface area contributed by atoms with Crippen LogP contribution in [-0.4, -0.2) is 34.4 Å². The van der Waals surface area contributed by atoms with Crippen molar-refractivity contribution in [3.05, 3.63) is 77.7 Å². The van der Waals surface area contributed by atoms with E-state index in [9.17, 15) is 4.79 Å². The number of nitrogens with zero attached hydrogens (tertiary/aromatic N) is 3. The third-order valence-electron chi connectivity index (χ3n) is 4.67. The fourth-order valence-corrected chi connectivity index (χ4v) is 3.26. The summed E-state index contributed by atoms with van der Waals surface area (Å²) in [5.74, 6) is 1.17. The lowest BCUT2D eigenvalue weighted by molar-refractivity contribution is 0.0728. The average molecular weight is 360 g/mol. The summed E-state index contributed by atoms with van der Waals surface area (Å²) in [5.41, 5.74) is 3.66. The van der Waals surface area contributed by atoms with Gasteiger partial charge >= 0.3 is 0 Å². The lowest BCUT2D eigenvalue weighted by atomic mass is 10.00. The Labute approximate surface area is 157 Å². The van der Waals surface area contributed by atoms with E-state index in [4.69, 9.17) is 4.74 Å². The van der Waals surface area contributed by atoms with Gasteiger partial charge in [-0.1, -0.05) is 36.4 Å². The maximum absolute atomic E-state index is 12.9. The lowest BCUT2D eigenvalue weighted by Crippen LogP contribution is -2.36. The van der Waals surface area contributed by atoms with Crippen LogP contribution in [0.3, 0.4) is 0 Å². The predicted molar refractivity (Wildman–Crippen MR) is 103 cm³/mol. The van der Waals surface area contributed by atoms with E-state index < -0.39 is 0 Å². The Bertz CT molecular complexity index is 974. The van der Waals surface area contributed by atoms with Gasteiger partial charge in [0.2, 0.25) is 0 Å². The molecular weight excluding hydrogens is 340 g/mol. The van der Waals surface area contributed by atoms with Crippen LogP contribution in [0.5, 0.6) is 5.75 Å². The smallest absolute Gasteiger partial charge is 0.272 e. The zero-order chi connectivity index (χ0) is 18.6. The van der Waals surface area contributed by atoms with Crippen LogP contribution in [0.2, 0.25) is 0 Å². The number of fused-ring (bicyclic) bond motifs is 1. The van der Waals surface area contributed by atoms with Crippen LogP contribution in [-0.2, 0) is 13.0 Å². The van der Waals surface area contributed by atoms with Crippen molar-refractivity contribution in [2.75, 3.05) is 19.0 Å². The van der Waals surface area contributed by atoms with E-state index in [-0.39, 0.29) is 5.91 Å². The minimum absolute atomic E-state index is 0.0880. The Morgan fingerprint density at radius 2 is 1.85 bits per heavy atom. The van der Waals surface area contributed by atoms with E-state index in [1.807, 2.05) is 41.3 Å². The molecule has 6 nitrogen and oxygen atoms in total. The molecule has 6 heteroatoms. The highest BCUT2D eigenvalue weighted by molar-refractivity contribution is 5.93. The van der Waals surface area contributed by atoms with Gasteiger partial charge in [0, 0.05) is 19.2 Å². The average Bonchev–Trinajstić information content (AvgIpc) is 2.73. The third-order valence-corrected chi connectivity index (χ3v) is 4.67. The summed E-state index contributed by atoms with van der Waals surface area (Å²) >= 11 is 0. The van der Waals surface area contributed by atoms with Crippen molar-refractivity contribution >= 4 is 17.4 Å². The first-order valence-electron chi connectivity index (χ1n) is 8.83. The van der Waals surface area contributed by atoms with Crippen molar-refractivity contribution in [1.82, 2.24) is 14.9 Å². The first-order valence-corrected chi connectivity index (χ1v) is 8.83. The van der Waals surface area contributed by atoms with Crippen LogP contribution < -0.4 is 10.1 Å². The van der Waals surface area contributed by atoms with Crippen molar-refractivity contribution in [1.29, 1.82) is 0 Å². The number of nitrogens with one attached hydrogen (secondary N) is 1. The van der Waals surface area contributed by atoms with Crippen molar-refractivity contribution in [3.8, 4) is 5.75 Å². The van der Waals surface area contributed by atoms with Gasteiger partial charge in [-0.05, 0) is 29.7 Å². The normalized spacial score (nSPS) is 13.0. The van der Waals surface area contributed by atoms with Crippen LogP contribution in [0.25, 0.3) is 0 Å². The molecule has 0 saturated heterocycles. The maximum atomic E-state index is 12.9. The number of methoxy groups -OCH3 is 1. The number of benzene rings is 2. The summed E-state index contributed by atoms with van der Waals surface area (Å²) in [7, 11) is 1.61. The first kappa shape index (κ1) is 17.0. The maximum Gasteiger partial charge on any atom is 0.272 e. The molecule has 3 aromatic rings. The Hall–Kier alpha value is -3.41. The molecule has 1 amide bonds. The number of amides is 1. The summed E-state index contributed by atoms with van der Waals surface area (Å²) in [5, 5.41) is 3.19. The molecule has 0 saturated carbocycles. The summed E-state index contributed by atoms with van der Waals surface area (Å²) in [4.78, 5) is 23.2. The molecule has 0 spiro atoms. The van der Waals surface area contributed by atoms with Crippen LogP contribution >= 0.6 is 0 Å². The molecule has 4 rings (SSSR count).